The number of nitrogens with zero attached hydrogens (tertiary/aromatic N) is 1. The van der Waals surface area contributed by atoms with Gasteiger partial charge in [-0.2, -0.15) is 0 Å². The fourth-order valence-electron chi connectivity index (χ4n) is 2.49. The van der Waals surface area contributed by atoms with Crippen molar-refractivity contribution in [2.24, 2.45) is 0 Å². The first-order chi connectivity index (χ1) is 9.74. The molecule has 2 aromatic rings. The van der Waals surface area contributed by atoms with E-state index in [0.29, 0.717) is 0 Å². The number of hydrogen-bond donors (Lipinski definition) is 2. The Kier molecular flexibility index (Phi) is 3.80. The van der Waals surface area contributed by atoms with E-state index in [-0.39, 0.29) is 18.0 Å². The van der Waals surface area contributed by atoms with Crippen LogP contribution in [0, 0.1) is 0 Å². The fraction of sp³-hybridized carbons (Fsp3) is 0.333. The summed E-state index contributed by atoms with van der Waals surface area (Å²) in [4.78, 5) is 16.6. The van der Waals surface area contributed by atoms with E-state index in [1.165, 1.54) is 5.56 Å². The minimum absolute atomic E-state index is 0.0401. The third-order valence-electron chi connectivity index (χ3n) is 3.57. The Morgan fingerprint density at radius 1 is 1.45 bits per heavy atom. The number of hydrogen-bond acceptors (Lipinski definition) is 4. The molecule has 1 aliphatic heterocycles. The highest BCUT2D eigenvalue weighted by molar-refractivity contribution is 7.09. The predicted molar refractivity (Wildman–Crippen MR) is 80.8 cm³/mol. The number of rotatable bonds is 3. The molecule has 0 radical (unpaired) electrons. The lowest BCUT2D eigenvalue weighted by Gasteiger charge is -2.19. The second-order valence-corrected chi connectivity index (χ2v) is 5.92. The molecule has 1 amide bonds. The standard InChI is InChI=1S/C15H17N3OS/c1-10(15-16-8-9-20-15)17-13-7-6-11-4-2-3-5-12(11)18-14(13)19/h2-5,8-10,13,17H,6-7H2,1H3,(H,18,19). The number of thiazole rings is 1. The van der Waals surface area contributed by atoms with Gasteiger partial charge in [0.05, 0.1) is 12.1 Å². The summed E-state index contributed by atoms with van der Waals surface area (Å²) in [5.74, 6) is 0.0401. The predicted octanol–water partition coefficient (Wildman–Crippen LogP) is 2.75. The highest BCUT2D eigenvalue weighted by Crippen LogP contribution is 2.23. The molecule has 5 heteroatoms. The van der Waals surface area contributed by atoms with Gasteiger partial charge in [-0.1, -0.05) is 18.2 Å². The number of carbonyl (C=O) groups excluding carboxylic acids is 1. The van der Waals surface area contributed by atoms with Gasteiger partial charge in [0.25, 0.3) is 0 Å². The number of nitrogens with one attached hydrogen (secondary N) is 2. The molecule has 0 saturated carbocycles. The molecule has 0 fully saturated rings. The van der Waals surface area contributed by atoms with Crippen molar-refractivity contribution >= 4 is 22.9 Å². The molecule has 1 aliphatic rings. The fourth-order valence-corrected chi connectivity index (χ4v) is 3.15. The molecule has 104 valence electrons. The summed E-state index contributed by atoms with van der Waals surface area (Å²) < 4.78 is 0. The average molecular weight is 287 g/mol. The van der Waals surface area contributed by atoms with Crippen LogP contribution < -0.4 is 10.6 Å². The van der Waals surface area contributed by atoms with E-state index in [1.54, 1.807) is 17.5 Å². The summed E-state index contributed by atoms with van der Waals surface area (Å²) in [5.41, 5.74) is 2.13. The molecular formula is C15H17N3OS. The van der Waals surface area contributed by atoms with Crippen molar-refractivity contribution in [1.82, 2.24) is 10.3 Å². The minimum Gasteiger partial charge on any atom is -0.324 e. The third kappa shape index (κ3) is 2.73. The topological polar surface area (TPSA) is 54.0 Å². The molecule has 2 unspecified atom stereocenters. The van der Waals surface area contributed by atoms with E-state index in [0.717, 1.165) is 23.5 Å². The van der Waals surface area contributed by atoms with E-state index >= 15 is 0 Å². The van der Waals surface area contributed by atoms with Gasteiger partial charge in [0, 0.05) is 17.3 Å². The van der Waals surface area contributed by atoms with Crippen molar-refractivity contribution in [2.75, 3.05) is 5.32 Å². The van der Waals surface area contributed by atoms with Crippen LogP contribution in [0.1, 0.15) is 30.0 Å². The summed E-state index contributed by atoms with van der Waals surface area (Å²) >= 11 is 1.61. The number of amides is 1. The molecule has 2 atom stereocenters. The van der Waals surface area contributed by atoms with Gasteiger partial charge >= 0.3 is 0 Å². The van der Waals surface area contributed by atoms with E-state index in [1.807, 2.05) is 30.5 Å². The molecule has 4 nitrogen and oxygen atoms in total. The molecule has 1 aromatic carbocycles. The van der Waals surface area contributed by atoms with Gasteiger partial charge in [-0.15, -0.1) is 11.3 Å². The van der Waals surface area contributed by atoms with Crippen LogP contribution in [0.2, 0.25) is 0 Å². The number of fused-ring (bicyclic) bond motifs is 1. The first-order valence-electron chi connectivity index (χ1n) is 6.78. The number of anilines is 1. The van der Waals surface area contributed by atoms with E-state index in [2.05, 4.69) is 21.7 Å². The Bertz CT molecular complexity index is 597. The summed E-state index contributed by atoms with van der Waals surface area (Å²) in [6, 6.07) is 7.90. The normalized spacial score (nSPS) is 19.9. The van der Waals surface area contributed by atoms with Gasteiger partial charge < -0.3 is 5.32 Å². The average Bonchev–Trinajstić information content (AvgIpc) is 2.93. The zero-order chi connectivity index (χ0) is 13.9. The highest BCUT2D eigenvalue weighted by atomic mass is 32.1. The Balaban J connectivity index is 1.72. The highest BCUT2D eigenvalue weighted by Gasteiger charge is 2.25. The van der Waals surface area contributed by atoms with Crippen LogP contribution >= 0.6 is 11.3 Å². The monoisotopic (exact) mass is 287 g/mol. The van der Waals surface area contributed by atoms with Crippen molar-refractivity contribution in [3.63, 3.8) is 0 Å². The number of para-hydroxylation sites is 1. The minimum atomic E-state index is -0.179. The first-order valence-corrected chi connectivity index (χ1v) is 7.66. The number of aryl methyl sites for hydroxylation is 1. The van der Waals surface area contributed by atoms with Crippen LogP contribution in [0.4, 0.5) is 5.69 Å². The zero-order valence-corrected chi connectivity index (χ0v) is 12.1. The number of carbonyl (C=O) groups is 1. The molecule has 2 heterocycles. The summed E-state index contributed by atoms with van der Waals surface area (Å²) in [6.45, 7) is 2.05. The van der Waals surface area contributed by atoms with Gasteiger partial charge in [-0.05, 0) is 31.4 Å². The van der Waals surface area contributed by atoms with Gasteiger partial charge in [0.15, 0.2) is 0 Å². The lowest BCUT2D eigenvalue weighted by molar-refractivity contribution is -0.118. The van der Waals surface area contributed by atoms with Crippen LogP contribution in [0.5, 0.6) is 0 Å². The van der Waals surface area contributed by atoms with Crippen LogP contribution in [0.25, 0.3) is 0 Å². The maximum Gasteiger partial charge on any atom is 0.241 e. The zero-order valence-electron chi connectivity index (χ0n) is 11.3. The molecule has 0 spiro atoms. The van der Waals surface area contributed by atoms with Crippen LogP contribution in [0.15, 0.2) is 35.8 Å². The Hall–Kier alpha value is -1.72. The number of aromatic nitrogens is 1. The van der Waals surface area contributed by atoms with Crippen molar-refractivity contribution in [3.05, 3.63) is 46.4 Å². The van der Waals surface area contributed by atoms with Gasteiger partial charge in [0.1, 0.15) is 5.01 Å². The van der Waals surface area contributed by atoms with Gasteiger partial charge in [-0.3, -0.25) is 10.1 Å². The third-order valence-corrected chi connectivity index (χ3v) is 4.53. The van der Waals surface area contributed by atoms with Crippen LogP contribution in [-0.2, 0) is 11.2 Å². The first kappa shape index (κ1) is 13.3. The summed E-state index contributed by atoms with van der Waals surface area (Å²) in [5, 5.41) is 9.35. The lowest BCUT2D eigenvalue weighted by Crippen LogP contribution is -2.41. The number of benzene rings is 1. The van der Waals surface area contributed by atoms with Gasteiger partial charge in [-0.25, -0.2) is 4.98 Å². The smallest absolute Gasteiger partial charge is 0.241 e. The van der Waals surface area contributed by atoms with Crippen LogP contribution in [-0.4, -0.2) is 16.9 Å². The quantitative estimate of drug-likeness (QED) is 0.912. The summed E-state index contributed by atoms with van der Waals surface area (Å²) in [7, 11) is 0. The molecule has 0 saturated heterocycles. The van der Waals surface area contributed by atoms with E-state index in [4.69, 9.17) is 0 Å². The second kappa shape index (κ2) is 5.73. The Morgan fingerprint density at radius 2 is 2.30 bits per heavy atom. The molecule has 0 aliphatic carbocycles. The summed E-state index contributed by atoms with van der Waals surface area (Å²) in [6.07, 6.45) is 3.50. The van der Waals surface area contributed by atoms with Crippen molar-refractivity contribution in [3.8, 4) is 0 Å². The molecule has 20 heavy (non-hydrogen) atoms. The van der Waals surface area contributed by atoms with Crippen molar-refractivity contribution < 1.29 is 4.79 Å². The van der Waals surface area contributed by atoms with Crippen molar-refractivity contribution in [1.29, 1.82) is 0 Å². The molecule has 1 aromatic heterocycles. The SMILES string of the molecule is CC(NC1CCc2ccccc2NC1=O)c1nccs1. The molecule has 0 bridgehead atoms. The van der Waals surface area contributed by atoms with E-state index < -0.39 is 0 Å². The Labute approximate surface area is 122 Å². The maximum atomic E-state index is 12.3. The van der Waals surface area contributed by atoms with Gasteiger partial charge in [0.2, 0.25) is 5.91 Å². The maximum absolute atomic E-state index is 12.3. The van der Waals surface area contributed by atoms with Crippen molar-refractivity contribution in [2.45, 2.75) is 31.8 Å². The molecular weight excluding hydrogens is 270 g/mol. The second-order valence-electron chi connectivity index (χ2n) is 5.00. The lowest BCUT2D eigenvalue weighted by atomic mass is 10.1. The van der Waals surface area contributed by atoms with E-state index in [9.17, 15) is 4.79 Å². The van der Waals surface area contributed by atoms with Crippen LogP contribution in [0.3, 0.4) is 0 Å². The Morgan fingerprint density at radius 3 is 3.10 bits per heavy atom. The molecule has 3 rings (SSSR count). The molecule has 2 N–H and O–H groups in total. The largest absolute Gasteiger partial charge is 0.324 e.